The molecule has 0 saturated heterocycles. The molecule has 0 spiro atoms. The van der Waals surface area contributed by atoms with Crippen molar-refractivity contribution in [3.8, 4) is 46.0 Å². The topological polar surface area (TPSA) is 191 Å². The number of phenolic OH excluding ortho intramolecular Hbond substituents is 8. The van der Waals surface area contributed by atoms with Gasteiger partial charge in [0.25, 0.3) is 0 Å². The Morgan fingerprint density at radius 3 is 1.59 bits per heavy atom. The maximum Gasteiger partial charge on any atom is 0.235 e. The summed E-state index contributed by atoms with van der Waals surface area (Å²) in [4.78, 5) is 9.07. The molecule has 0 atom stereocenters. The lowest BCUT2D eigenvalue weighted by molar-refractivity contribution is 0.350. The number of fused-ring (bicyclic) bond motifs is 3. The van der Waals surface area contributed by atoms with Crippen LogP contribution < -0.4 is 0 Å². The molecule has 0 amide bonds. The summed E-state index contributed by atoms with van der Waals surface area (Å²) in [7, 11) is 0. The number of allylic oxidation sites excluding steroid dienone is 2. The molecule has 8 N–H and O–H groups in total. The molecular formula is C26H25N3O8. The monoisotopic (exact) mass is 507 g/mol. The van der Waals surface area contributed by atoms with E-state index < -0.39 is 67.8 Å². The Kier molecular flexibility index (Phi) is 6.22. The van der Waals surface area contributed by atoms with Gasteiger partial charge in [-0.3, -0.25) is 4.57 Å². The first-order valence-electron chi connectivity index (χ1n) is 11.2. The van der Waals surface area contributed by atoms with Crippen LogP contribution in [0.1, 0.15) is 32.8 Å². The molecule has 1 heterocycles. The first kappa shape index (κ1) is 25.0. The van der Waals surface area contributed by atoms with Gasteiger partial charge in [0.1, 0.15) is 11.0 Å². The predicted molar refractivity (Wildman–Crippen MR) is 138 cm³/mol. The van der Waals surface area contributed by atoms with Gasteiger partial charge in [-0.05, 0) is 25.8 Å². The number of rotatable bonds is 3. The van der Waals surface area contributed by atoms with Crippen LogP contribution in [0.4, 0.5) is 0 Å². The second-order valence-electron chi connectivity index (χ2n) is 8.30. The molecule has 1 aromatic heterocycles. The van der Waals surface area contributed by atoms with Crippen molar-refractivity contribution in [2.24, 2.45) is 9.98 Å². The van der Waals surface area contributed by atoms with Crippen molar-refractivity contribution in [1.82, 2.24) is 4.57 Å². The number of hydrogen-bond acceptors (Lipinski definition) is 9. The highest BCUT2D eigenvalue weighted by Crippen LogP contribution is 2.58. The van der Waals surface area contributed by atoms with E-state index in [0.717, 1.165) is 4.57 Å². The number of nitrogens with zero attached hydrogens (tertiary/aromatic N) is 3. The van der Waals surface area contributed by atoms with Crippen LogP contribution in [0.2, 0.25) is 0 Å². The number of phenols is 8. The van der Waals surface area contributed by atoms with E-state index in [1.165, 1.54) is 0 Å². The largest absolute Gasteiger partial charge is 0.504 e. The number of aromatic hydroxyl groups is 8. The Morgan fingerprint density at radius 1 is 0.676 bits per heavy atom. The highest BCUT2D eigenvalue weighted by atomic mass is 16.4. The molecule has 4 aromatic rings. The van der Waals surface area contributed by atoms with Crippen LogP contribution in [0, 0.1) is 0 Å². The first-order valence-corrected chi connectivity index (χ1v) is 11.2. The molecule has 0 fully saturated rings. The minimum absolute atomic E-state index is 0.205. The van der Waals surface area contributed by atoms with E-state index in [1.54, 1.807) is 44.2 Å². The van der Waals surface area contributed by atoms with Gasteiger partial charge in [-0.1, -0.05) is 43.3 Å². The predicted octanol–water partition coefficient (Wildman–Crippen LogP) is 4.47. The molecule has 4 rings (SSSR count). The lowest BCUT2D eigenvalue weighted by Gasteiger charge is -2.13. The minimum Gasteiger partial charge on any atom is -0.504 e. The van der Waals surface area contributed by atoms with Crippen molar-refractivity contribution in [2.75, 3.05) is 0 Å². The summed E-state index contributed by atoms with van der Waals surface area (Å²) >= 11 is 0. The molecule has 0 saturated carbocycles. The first-order chi connectivity index (χ1) is 17.5. The standard InChI is InChI=1S/C26H25N3O8/c1-4-8-11(2)27-26(28-12(3)13-9-6-5-7-10-13)29-16-14(18(30)22(34)24(36)20(16)32)15-17(29)21(33)25(37)23(35)19(15)31/h5-10,30-37H,4H2,1-3H3/b11-8+,27-26-,28-12+. The summed E-state index contributed by atoms with van der Waals surface area (Å²) in [5.41, 5.74) is 0.762. The van der Waals surface area contributed by atoms with Gasteiger partial charge in [-0.15, -0.1) is 0 Å². The van der Waals surface area contributed by atoms with Gasteiger partial charge in [-0.2, -0.15) is 0 Å². The fraction of sp³-hybridized carbons (Fsp3) is 0.154. The van der Waals surface area contributed by atoms with Crippen LogP contribution in [0.25, 0.3) is 21.8 Å². The Labute approximate surface area is 210 Å². The molecule has 192 valence electrons. The zero-order valence-corrected chi connectivity index (χ0v) is 20.1. The maximum absolute atomic E-state index is 10.9. The molecule has 0 unspecified atom stereocenters. The van der Waals surface area contributed by atoms with Crippen molar-refractivity contribution in [3.05, 3.63) is 47.7 Å². The summed E-state index contributed by atoms with van der Waals surface area (Å²) in [5.74, 6) is -8.46. The average Bonchev–Trinajstić information content (AvgIpc) is 3.25. The van der Waals surface area contributed by atoms with Crippen LogP contribution >= 0.6 is 0 Å². The van der Waals surface area contributed by atoms with E-state index in [0.29, 0.717) is 23.4 Å². The van der Waals surface area contributed by atoms with Crippen LogP contribution in [-0.2, 0) is 0 Å². The Morgan fingerprint density at radius 2 is 1.14 bits per heavy atom. The van der Waals surface area contributed by atoms with Gasteiger partial charge in [0.15, 0.2) is 23.0 Å². The van der Waals surface area contributed by atoms with Gasteiger partial charge in [0.2, 0.25) is 29.0 Å². The van der Waals surface area contributed by atoms with E-state index in [1.807, 2.05) is 13.0 Å². The number of aliphatic imine (C=N–C) groups is 2. The number of aromatic nitrogens is 1. The summed E-state index contributed by atoms with van der Waals surface area (Å²) < 4.78 is 0.993. The molecule has 0 bridgehead atoms. The van der Waals surface area contributed by atoms with Gasteiger partial charge in [0.05, 0.1) is 10.8 Å². The lowest BCUT2D eigenvalue weighted by atomic mass is 10.1. The zero-order valence-electron chi connectivity index (χ0n) is 20.1. The van der Waals surface area contributed by atoms with E-state index in [9.17, 15) is 40.9 Å². The normalized spacial score (nSPS) is 13.1. The van der Waals surface area contributed by atoms with Crippen molar-refractivity contribution in [1.29, 1.82) is 0 Å². The van der Waals surface area contributed by atoms with E-state index in [4.69, 9.17) is 0 Å². The summed E-state index contributed by atoms with van der Waals surface area (Å²) in [6.45, 7) is 5.23. The van der Waals surface area contributed by atoms with Crippen LogP contribution in [0.3, 0.4) is 0 Å². The number of benzene rings is 3. The van der Waals surface area contributed by atoms with E-state index >= 15 is 0 Å². The Bertz CT molecular complexity index is 1570. The van der Waals surface area contributed by atoms with Crippen molar-refractivity contribution < 1.29 is 40.9 Å². The van der Waals surface area contributed by atoms with Gasteiger partial charge >= 0.3 is 0 Å². The Balaban J connectivity index is 2.30. The van der Waals surface area contributed by atoms with Gasteiger partial charge in [0, 0.05) is 11.4 Å². The zero-order chi connectivity index (χ0) is 27.2. The van der Waals surface area contributed by atoms with Crippen molar-refractivity contribution in [2.45, 2.75) is 27.2 Å². The van der Waals surface area contributed by atoms with E-state index in [-0.39, 0.29) is 5.96 Å². The van der Waals surface area contributed by atoms with E-state index in [2.05, 4.69) is 9.98 Å². The second-order valence-corrected chi connectivity index (χ2v) is 8.30. The average molecular weight is 507 g/mol. The Hall–Kier alpha value is -5.06. The fourth-order valence-corrected chi connectivity index (χ4v) is 4.11. The molecule has 0 aliphatic rings. The minimum atomic E-state index is -1.11. The number of hydrogen-bond donors (Lipinski definition) is 8. The SMILES string of the molecule is CC/C=C(C)/N=C(/N=C(\C)c1ccccc1)n1c2c(O)c(O)c(O)c(O)c2c2c(O)c(O)c(O)c(O)c21. The molecule has 0 aliphatic heterocycles. The summed E-state index contributed by atoms with van der Waals surface area (Å²) in [6.07, 6.45) is 2.38. The molecule has 11 nitrogen and oxygen atoms in total. The summed E-state index contributed by atoms with van der Waals surface area (Å²) in [6, 6.07) is 8.99. The second kappa shape index (κ2) is 9.19. The van der Waals surface area contributed by atoms with Crippen molar-refractivity contribution in [3.63, 3.8) is 0 Å². The molecule has 0 radical (unpaired) electrons. The molecule has 11 heteroatoms. The van der Waals surface area contributed by atoms with Crippen LogP contribution in [0.5, 0.6) is 46.0 Å². The van der Waals surface area contributed by atoms with Crippen LogP contribution in [-0.4, -0.2) is 57.1 Å². The highest BCUT2D eigenvalue weighted by Gasteiger charge is 2.33. The van der Waals surface area contributed by atoms with Gasteiger partial charge < -0.3 is 40.9 Å². The van der Waals surface area contributed by atoms with Crippen molar-refractivity contribution >= 4 is 33.5 Å². The highest BCUT2D eigenvalue weighted by molar-refractivity contribution is 6.24. The third-order valence-corrected chi connectivity index (χ3v) is 5.87. The molecule has 0 aliphatic carbocycles. The smallest absolute Gasteiger partial charge is 0.235 e. The van der Waals surface area contributed by atoms with Gasteiger partial charge in [-0.25, -0.2) is 9.98 Å². The van der Waals surface area contributed by atoms with Crippen LogP contribution in [0.15, 0.2) is 52.1 Å². The summed E-state index contributed by atoms with van der Waals surface area (Å²) in [5, 5.41) is 83.2. The lowest BCUT2D eigenvalue weighted by Crippen LogP contribution is -2.13. The quantitative estimate of drug-likeness (QED) is 0.0861. The molecular weight excluding hydrogens is 482 g/mol. The molecule has 3 aromatic carbocycles. The maximum atomic E-state index is 10.9. The molecule has 37 heavy (non-hydrogen) atoms. The third-order valence-electron chi connectivity index (χ3n) is 5.87. The third kappa shape index (κ3) is 3.86. The fourth-order valence-electron chi connectivity index (χ4n) is 4.11.